The first kappa shape index (κ1) is 10.5. The van der Waals surface area contributed by atoms with Gasteiger partial charge in [-0.15, -0.1) is 0 Å². The normalized spacial score (nSPS) is 12.5. The van der Waals surface area contributed by atoms with Crippen molar-refractivity contribution in [3.05, 3.63) is 46.0 Å². The zero-order valence-electron chi connectivity index (χ0n) is 10.8. The van der Waals surface area contributed by atoms with Crippen LogP contribution in [0, 0.1) is 27.7 Å². The lowest BCUT2D eigenvalue weighted by atomic mass is 9.98. The van der Waals surface area contributed by atoms with E-state index in [2.05, 4.69) is 43.7 Å². The van der Waals surface area contributed by atoms with Crippen molar-refractivity contribution in [3.63, 3.8) is 0 Å². The predicted molar refractivity (Wildman–Crippen MR) is 69.2 cm³/mol. The Bertz CT molecular complexity index is 627. The van der Waals surface area contributed by atoms with Crippen molar-refractivity contribution >= 4 is 0 Å². The number of hydrogen-bond donors (Lipinski definition) is 0. The molecule has 0 amide bonds. The summed E-state index contributed by atoms with van der Waals surface area (Å²) in [6.45, 7) is 8.52. The Kier molecular flexibility index (Phi) is 2.09. The number of fused-ring (bicyclic) bond motifs is 3. The summed E-state index contributed by atoms with van der Waals surface area (Å²) in [5.74, 6) is 0. The van der Waals surface area contributed by atoms with E-state index in [0.717, 1.165) is 17.8 Å². The number of aryl methyl sites for hydroxylation is 3. The highest BCUT2D eigenvalue weighted by molar-refractivity contribution is 5.80. The van der Waals surface area contributed by atoms with Gasteiger partial charge >= 0.3 is 0 Å². The third-order valence-electron chi connectivity index (χ3n) is 3.83. The van der Waals surface area contributed by atoms with Crippen molar-refractivity contribution in [2.75, 3.05) is 0 Å². The van der Waals surface area contributed by atoms with E-state index in [4.69, 9.17) is 0 Å². The van der Waals surface area contributed by atoms with Gasteiger partial charge in [-0.1, -0.05) is 0 Å². The first-order valence-electron chi connectivity index (χ1n) is 6.01. The van der Waals surface area contributed by atoms with Gasteiger partial charge in [0.25, 0.3) is 0 Å². The third kappa shape index (κ3) is 1.33. The summed E-state index contributed by atoms with van der Waals surface area (Å²) in [4.78, 5) is 9.18. The molecular weight excluding hydrogens is 208 g/mol. The van der Waals surface area contributed by atoms with E-state index < -0.39 is 0 Å². The Balaban J connectivity index is 2.40. The summed E-state index contributed by atoms with van der Waals surface area (Å²) in [5.41, 5.74) is 10.2. The van der Waals surface area contributed by atoms with E-state index in [0.29, 0.717) is 0 Å². The van der Waals surface area contributed by atoms with Crippen molar-refractivity contribution < 1.29 is 0 Å². The summed E-state index contributed by atoms with van der Waals surface area (Å²) in [5, 5.41) is 0. The molecule has 0 unspecified atom stereocenters. The highest BCUT2D eigenvalue weighted by Crippen LogP contribution is 2.41. The maximum atomic E-state index is 4.66. The summed E-state index contributed by atoms with van der Waals surface area (Å²) >= 11 is 0. The van der Waals surface area contributed by atoms with Gasteiger partial charge in [0.15, 0.2) is 0 Å². The molecule has 2 aromatic rings. The van der Waals surface area contributed by atoms with Crippen LogP contribution >= 0.6 is 0 Å². The molecule has 1 aliphatic carbocycles. The number of hydrogen-bond acceptors (Lipinski definition) is 2. The smallest absolute Gasteiger partial charge is 0.0529 e. The van der Waals surface area contributed by atoms with Crippen LogP contribution in [-0.4, -0.2) is 9.97 Å². The average molecular weight is 224 g/mol. The van der Waals surface area contributed by atoms with Gasteiger partial charge in [0, 0.05) is 35.1 Å². The third-order valence-corrected chi connectivity index (χ3v) is 3.83. The van der Waals surface area contributed by atoms with Gasteiger partial charge < -0.3 is 0 Å². The Morgan fingerprint density at radius 1 is 1.00 bits per heavy atom. The Hall–Kier alpha value is -1.70. The van der Waals surface area contributed by atoms with Crippen LogP contribution in [0.3, 0.4) is 0 Å². The summed E-state index contributed by atoms with van der Waals surface area (Å²) in [6, 6.07) is 2.09. The zero-order valence-corrected chi connectivity index (χ0v) is 10.8. The predicted octanol–water partition coefficient (Wildman–Crippen LogP) is 3.28. The molecule has 2 heterocycles. The Morgan fingerprint density at radius 3 is 2.53 bits per heavy atom. The molecule has 0 saturated carbocycles. The average Bonchev–Trinajstić information content (AvgIpc) is 2.67. The van der Waals surface area contributed by atoms with Crippen LogP contribution in [0.2, 0.25) is 0 Å². The summed E-state index contributed by atoms with van der Waals surface area (Å²) in [6.07, 6.45) is 2.87. The molecule has 0 bridgehead atoms. The van der Waals surface area contributed by atoms with Crippen molar-refractivity contribution in [2.24, 2.45) is 0 Å². The van der Waals surface area contributed by atoms with Crippen molar-refractivity contribution in [2.45, 2.75) is 34.1 Å². The van der Waals surface area contributed by atoms with Crippen molar-refractivity contribution in [1.29, 1.82) is 0 Å². The highest BCUT2D eigenvalue weighted by atomic mass is 14.7. The molecule has 0 fully saturated rings. The second-order valence-corrected chi connectivity index (χ2v) is 4.89. The molecule has 2 nitrogen and oxygen atoms in total. The molecule has 1 aliphatic rings. The molecule has 2 aromatic heterocycles. The molecular formula is C15H16N2. The largest absolute Gasteiger partial charge is 0.260 e. The van der Waals surface area contributed by atoms with Gasteiger partial charge in [-0.25, -0.2) is 0 Å². The summed E-state index contributed by atoms with van der Waals surface area (Å²) in [7, 11) is 0. The number of nitrogens with zero attached hydrogens (tertiary/aromatic N) is 2. The van der Waals surface area contributed by atoms with Gasteiger partial charge in [0.1, 0.15) is 0 Å². The lowest BCUT2D eigenvalue weighted by molar-refractivity contribution is 1.05. The van der Waals surface area contributed by atoms with Gasteiger partial charge in [0.05, 0.1) is 5.69 Å². The molecule has 0 spiro atoms. The Labute approximate surface area is 102 Å². The quantitative estimate of drug-likeness (QED) is 0.585. The lowest BCUT2D eigenvalue weighted by Gasteiger charge is -2.11. The maximum Gasteiger partial charge on any atom is 0.0529 e. The first-order valence-corrected chi connectivity index (χ1v) is 6.01. The molecule has 0 radical (unpaired) electrons. The minimum Gasteiger partial charge on any atom is -0.260 e. The zero-order chi connectivity index (χ0) is 12.2. The maximum absolute atomic E-state index is 4.66. The van der Waals surface area contributed by atoms with Crippen LogP contribution in [0.25, 0.3) is 11.1 Å². The Morgan fingerprint density at radius 2 is 1.76 bits per heavy atom. The van der Waals surface area contributed by atoms with Gasteiger partial charge in [-0.2, -0.15) is 0 Å². The monoisotopic (exact) mass is 224 g/mol. The number of rotatable bonds is 0. The standard InChI is InChI=1S/C15H16N2/c1-8-5-6-16-13-7-12-9(2)10(3)17-11(4)15(12)14(8)13/h5-6H,7H2,1-4H3. The fourth-order valence-corrected chi connectivity index (χ4v) is 2.83. The van der Waals surface area contributed by atoms with Crippen LogP contribution in [0.1, 0.15) is 33.8 Å². The molecule has 17 heavy (non-hydrogen) atoms. The molecule has 0 aromatic carbocycles. The fourth-order valence-electron chi connectivity index (χ4n) is 2.83. The van der Waals surface area contributed by atoms with E-state index in [1.807, 2.05) is 6.20 Å². The lowest BCUT2D eigenvalue weighted by Crippen LogP contribution is -1.98. The van der Waals surface area contributed by atoms with E-state index >= 15 is 0 Å². The second-order valence-electron chi connectivity index (χ2n) is 4.89. The molecule has 0 atom stereocenters. The van der Waals surface area contributed by atoms with Crippen molar-refractivity contribution in [3.8, 4) is 11.1 Å². The van der Waals surface area contributed by atoms with Crippen LogP contribution in [-0.2, 0) is 6.42 Å². The molecule has 2 heteroatoms. The molecule has 3 rings (SSSR count). The first-order chi connectivity index (χ1) is 8.09. The van der Waals surface area contributed by atoms with E-state index in [9.17, 15) is 0 Å². The van der Waals surface area contributed by atoms with Crippen LogP contribution in [0.15, 0.2) is 12.3 Å². The van der Waals surface area contributed by atoms with E-state index in [1.165, 1.54) is 33.5 Å². The van der Waals surface area contributed by atoms with Gasteiger partial charge in [-0.05, 0) is 50.5 Å². The fraction of sp³-hybridized carbons (Fsp3) is 0.333. The molecule has 0 aliphatic heterocycles. The minimum absolute atomic E-state index is 0.961. The molecule has 0 N–H and O–H groups in total. The van der Waals surface area contributed by atoms with E-state index in [-0.39, 0.29) is 0 Å². The topological polar surface area (TPSA) is 25.8 Å². The molecule has 86 valence electrons. The van der Waals surface area contributed by atoms with E-state index in [1.54, 1.807) is 0 Å². The SMILES string of the molecule is Cc1ccnc2c1-c1c(C)nc(C)c(C)c1C2. The minimum atomic E-state index is 0.961. The van der Waals surface area contributed by atoms with Crippen LogP contribution in [0.5, 0.6) is 0 Å². The highest BCUT2D eigenvalue weighted by Gasteiger charge is 2.25. The number of aromatic nitrogens is 2. The van der Waals surface area contributed by atoms with Crippen LogP contribution in [0.4, 0.5) is 0 Å². The van der Waals surface area contributed by atoms with Crippen molar-refractivity contribution in [1.82, 2.24) is 9.97 Å². The summed E-state index contributed by atoms with van der Waals surface area (Å²) < 4.78 is 0. The van der Waals surface area contributed by atoms with Gasteiger partial charge in [-0.3, -0.25) is 9.97 Å². The van der Waals surface area contributed by atoms with Gasteiger partial charge in [0.2, 0.25) is 0 Å². The molecule has 0 saturated heterocycles. The second kappa shape index (κ2) is 3.39. The number of pyridine rings is 2. The van der Waals surface area contributed by atoms with Crippen LogP contribution < -0.4 is 0 Å².